The molecule has 1 rings (SSSR count). The van der Waals surface area contributed by atoms with Crippen LogP contribution in [-0.2, 0) is 10.0 Å². The third-order valence-corrected chi connectivity index (χ3v) is 3.83. The molecule has 0 aromatic heterocycles. The summed E-state index contributed by atoms with van der Waals surface area (Å²) in [6.45, 7) is 1.87. The van der Waals surface area contributed by atoms with Crippen LogP contribution < -0.4 is 4.72 Å². The Morgan fingerprint density at radius 3 is 2.56 bits per heavy atom. The van der Waals surface area contributed by atoms with Crippen molar-refractivity contribution in [2.45, 2.75) is 11.8 Å². The molecule has 0 atom stereocenters. The molecule has 0 saturated heterocycles. The zero-order valence-corrected chi connectivity index (χ0v) is 9.97. The Hall–Kier alpha value is -1.11. The van der Waals surface area contributed by atoms with Crippen LogP contribution in [-0.4, -0.2) is 26.0 Å². The monoisotopic (exact) mass is 263 g/mol. The second-order valence-electron chi connectivity index (χ2n) is 2.95. The topological polar surface area (TPSA) is 83.5 Å². The van der Waals surface area contributed by atoms with Crippen molar-refractivity contribution in [2.75, 3.05) is 6.54 Å². The number of hydrogen-bond donors (Lipinski definition) is 2. The molecular formula is C9H10ClNO4S. The third kappa shape index (κ3) is 2.72. The van der Waals surface area contributed by atoms with Gasteiger partial charge >= 0.3 is 5.97 Å². The highest BCUT2D eigenvalue weighted by Crippen LogP contribution is 2.22. The van der Waals surface area contributed by atoms with Crippen LogP contribution in [0.5, 0.6) is 0 Å². The molecule has 0 fully saturated rings. The molecule has 0 saturated carbocycles. The Kier molecular flexibility index (Phi) is 3.90. The molecule has 5 nitrogen and oxygen atoms in total. The largest absolute Gasteiger partial charge is 0.478 e. The summed E-state index contributed by atoms with van der Waals surface area (Å²) in [7, 11) is -3.66. The van der Waals surface area contributed by atoms with E-state index in [2.05, 4.69) is 4.72 Å². The third-order valence-electron chi connectivity index (χ3n) is 1.80. The summed E-state index contributed by atoms with van der Waals surface area (Å²) in [4.78, 5) is 10.5. The lowest BCUT2D eigenvalue weighted by atomic mass is 10.2. The maximum Gasteiger partial charge on any atom is 0.335 e. The Labute approximate surface area is 98.1 Å². The Bertz CT molecular complexity index is 512. The number of sulfonamides is 1. The van der Waals surface area contributed by atoms with Crippen LogP contribution >= 0.6 is 11.6 Å². The standard InChI is InChI=1S/C9H10ClNO4S/c1-2-11-16(14,15)8-4-3-6(9(12)13)5-7(8)10/h3-5,11H,2H2,1H3,(H,12,13). The van der Waals surface area contributed by atoms with Crippen molar-refractivity contribution in [3.05, 3.63) is 28.8 Å². The summed E-state index contributed by atoms with van der Waals surface area (Å²) in [5.41, 5.74) is -0.0551. The number of rotatable bonds is 4. The first kappa shape index (κ1) is 13.0. The van der Waals surface area contributed by atoms with E-state index in [4.69, 9.17) is 16.7 Å². The fourth-order valence-corrected chi connectivity index (χ4v) is 2.70. The highest BCUT2D eigenvalue weighted by atomic mass is 35.5. The average molecular weight is 264 g/mol. The zero-order valence-electron chi connectivity index (χ0n) is 8.40. The van der Waals surface area contributed by atoms with Crippen LogP contribution in [0.1, 0.15) is 17.3 Å². The van der Waals surface area contributed by atoms with Gasteiger partial charge in [0.2, 0.25) is 10.0 Å². The van der Waals surface area contributed by atoms with E-state index in [9.17, 15) is 13.2 Å². The minimum absolute atomic E-state index is 0.0551. The highest BCUT2D eigenvalue weighted by Gasteiger charge is 2.18. The molecular weight excluding hydrogens is 254 g/mol. The Morgan fingerprint density at radius 1 is 1.50 bits per heavy atom. The van der Waals surface area contributed by atoms with Crippen molar-refractivity contribution in [2.24, 2.45) is 0 Å². The molecule has 0 aliphatic carbocycles. The van der Waals surface area contributed by atoms with E-state index < -0.39 is 16.0 Å². The van der Waals surface area contributed by atoms with Crippen LogP contribution in [0.4, 0.5) is 0 Å². The number of hydrogen-bond acceptors (Lipinski definition) is 3. The van der Waals surface area contributed by atoms with Gasteiger partial charge in [0.15, 0.2) is 0 Å². The molecule has 2 N–H and O–H groups in total. The lowest BCUT2D eigenvalue weighted by Crippen LogP contribution is -2.23. The highest BCUT2D eigenvalue weighted by molar-refractivity contribution is 7.89. The van der Waals surface area contributed by atoms with Crippen LogP contribution in [0.3, 0.4) is 0 Å². The van der Waals surface area contributed by atoms with Crippen molar-refractivity contribution in [1.82, 2.24) is 4.72 Å². The molecule has 0 radical (unpaired) electrons. The van der Waals surface area contributed by atoms with Gasteiger partial charge in [-0.25, -0.2) is 17.9 Å². The number of halogens is 1. The number of aromatic carboxylic acids is 1. The molecule has 1 aromatic carbocycles. The second kappa shape index (κ2) is 4.82. The SMILES string of the molecule is CCNS(=O)(=O)c1ccc(C(=O)O)cc1Cl. The average Bonchev–Trinajstić information content (AvgIpc) is 2.16. The molecule has 0 heterocycles. The van der Waals surface area contributed by atoms with Gasteiger partial charge in [-0.3, -0.25) is 0 Å². The molecule has 16 heavy (non-hydrogen) atoms. The van der Waals surface area contributed by atoms with E-state index in [0.717, 1.165) is 6.07 Å². The van der Waals surface area contributed by atoms with Gasteiger partial charge in [-0.2, -0.15) is 0 Å². The predicted octanol–water partition coefficient (Wildman–Crippen LogP) is 1.34. The van der Waals surface area contributed by atoms with Crippen LogP contribution in [0.25, 0.3) is 0 Å². The number of carbonyl (C=O) groups is 1. The van der Waals surface area contributed by atoms with Gasteiger partial charge in [-0.05, 0) is 18.2 Å². The zero-order chi connectivity index (χ0) is 12.3. The van der Waals surface area contributed by atoms with E-state index in [1.54, 1.807) is 6.92 Å². The normalized spacial score (nSPS) is 11.4. The van der Waals surface area contributed by atoms with Crippen molar-refractivity contribution >= 4 is 27.6 Å². The molecule has 0 aliphatic heterocycles. The van der Waals surface area contributed by atoms with Gasteiger partial charge in [0.05, 0.1) is 10.6 Å². The number of benzene rings is 1. The molecule has 0 spiro atoms. The lowest BCUT2D eigenvalue weighted by molar-refractivity contribution is 0.0696. The quantitative estimate of drug-likeness (QED) is 0.859. The summed E-state index contributed by atoms with van der Waals surface area (Å²) in [6, 6.07) is 3.47. The van der Waals surface area contributed by atoms with E-state index >= 15 is 0 Å². The van der Waals surface area contributed by atoms with E-state index in [-0.39, 0.29) is 22.0 Å². The second-order valence-corrected chi connectivity index (χ2v) is 5.09. The molecule has 0 aliphatic rings. The first-order valence-electron chi connectivity index (χ1n) is 4.41. The van der Waals surface area contributed by atoms with Crippen LogP contribution in [0.2, 0.25) is 5.02 Å². The number of carboxylic acid groups (broad SMARTS) is 1. The minimum Gasteiger partial charge on any atom is -0.478 e. The van der Waals surface area contributed by atoms with Crippen LogP contribution in [0, 0.1) is 0 Å². The van der Waals surface area contributed by atoms with Gasteiger partial charge in [0.25, 0.3) is 0 Å². The summed E-state index contributed by atoms with van der Waals surface area (Å²) in [5.74, 6) is -1.16. The van der Waals surface area contributed by atoms with Crippen molar-refractivity contribution in [3.63, 3.8) is 0 Å². The predicted molar refractivity (Wildman–Crippen MR) is 59.3 cm³/mol. The minimum atomic E-state index is -3.66. The first-order chi connectivity index (χ1) is 7.38. The van der Waals surface area contributed by atoms with Crippen molar-refractivity contribution in [3.8, 4) is 0 Å². The Morgan fingerprint density at radius 2 is 2.12 bits per heavy atom. The summed E-state index contributed by atoms with van der Waals surface area (Å²) >= 11 is 5.71. The van der Waals surface area contributed by atoms with Gasteiger partial charge in [-0.1, -0.05) is 18.5 Å². The van der Waals surface area contributed by atoms with Crippen molar-refractivity contribution < 1.29 is 18.3 Å². The summed E-state index contributed by atoms with van der Waals surface area (Å²) in [6.07, 6.45) is 0. The molecule has 0 bridgehead atoms. The van der Waals surface area contributed by atoms with E-state index in [1.807, 2.05) is 0 Å². The number of carboxylic acids is 1. The maximum absolute atomic E-state index is 11.6. The fourth-order valence-electron chi connectivity index (χ4n) is 1.12. The molecule has 1 aromatic rings. The van der Waals surface area contributed by atoms with E-state index in [1.165, 1.54) is 12.1 Å². The lowest BCUT2D eigenvalue weighted by Gasteiger charge is -2.06. The smallest absolute Gasteiger partial charge is 0.335 e. The van der Waals surface area contributed by atoms with Gasteiger partial charge in [-0.15, -0.1) is 0 Å². The van der Waals surface area contributed by atoms with Gasteiger partial charge in [0.1, 0.15) is 4.90 Å². The first-order valence-corrected chi connectivity index (χ1v) is 6.27. The van der Waals surface area contributed by atoms with E-state index in [0.29, 0.717) is 0 Å². The van der Waals surface area contributed by atoms with Crippen LogP contribution in [0.15, 0.2) is 23.1 Å². The molecule has 7 heteroatoms. The molecule has 88 valence electrons. The maximum atomic E-state index is 11.6. The molecule has 0 amide bonds. The summed E-state index contributed by atoms with van der Waals surface area (Å²) < 4.78 is 25.5. The van der Waals surface area contributed by atoms with Gasteiger partial charge in [0, 0.05) is 6.54 Å². The fraction of sp³-hybridized carbons (Fsp3) is 0.222. The van der Waals surface area contributed by atoms with Gasteiger partial charge < -0.3 is 5.11 Å². The number of nitrogens with one attached hydrogen (secondary N) is 1. The molecule has 0 unspecified atom stereocenters. The Balaban J connectivity index is 3.23. The summed E-state index contributed by atoms with van der Waals surface area (Å²) in [5, 5.41) is 8.57. The van der Waals surface area contributed by atoms with Crippen molar-refractivity contribution in [1.29, 1.82) is 0 Å².